The Kier molecular flexibility index (Phi) is 9.36. The molecule has 4 aromatic rings. The summed E-state index contributed by atoms with van der Waals surface area (Å²) in [5, 5.41) is 2.23. The highest BCUT2D eigenvalue weighted by molar-refractivity contribution is 9.10. The Morgan fingerprint density at radius 2 is 1.69 bits per heavy atom. The molecule has 0 saturated heterocycles. The van der Waals surface area contributed by atoms with Gasteiger partial charge in [0.15, 0.2) is 5.13 Å². The number of amides is 1. The minimum Gasteiger partial charge on any atom is -0.465 e. The van der Waals surface area contributed by atoms with Crippen molar-refractivity contribution in [3.05, 3.63) is 105 Å². The van der Waals surface area contributed by atoms with Crippen molar-refractivity contribution in [2.75, 3.05) is 12.0 Å². The lowest BCUT2D eigenvalue weighted by molar-refractivity contribution is -0.0881. The molecule has 0 unspecified atom stereocenters. The van der Waals surface area contributed by atoms with E-state index in [1.54, 1.807) is 72.1 Å². The molecule has 1 aromatic heterocycles. The average Bonchev–Trinajstić information content (AvgIpc) is 3.47. The highest BCUT2D eigenvalue weighted by atomic mass is 79.9. The van der Waals surface area contributed by atoms with Crippen LogP contribution in [-0.4, -0.2) is 24.0 Å². The summed E-state index contributed by atoms with van der Waals surface area (Å²) in [6, 6.07) is 20.2. The quantitative estimate of drug-likeness (QED) is 0.130. The first-order chi connectivity index (χ1) is 18.8. The molecule has 202 valence electrons. The van der Waals surface area contributed by atoms with Crippen molar-refractivity contribution in [2.24, 2.45) is 0 Å². The van der Waals surface area contributed by atoms with E-state index in [0.717, 1.165) is 5.56 Å². The van der Waals surface area contributed by atoms with Crippen LogP contribution in [-0.2, 0) is 31.5 Å². The molecule has 0 spiro atoms. The van der Waals surface area contributed by atoms with E-state index >= 15 is 0 Å². The van der Waals surface area contributed by atoms with Crippen LogP contribution in [0.4, 0.5) is 14.2 Å². The second-order valence-corrected chi connectivity index (χ2v) is 11.7. The van der Waals surface area contributed by atoms with Crippen molar-refractivity contribution in [3.63, 3.8) is 0 Å². The summed E-state index contributed by atoms with van der Waals surface area (Å²) >= 11 is 4.58. The van der Waals surface area contributed by atoms with Crippen LogP contribution in [0.2, 0.25) is 0 Å². The summed E-state index contributed by atoms with van der Waals surface area (Å²) in [7, 11) is -3.27. The van der Waals surface area contributed by atoms with Crippen LogP contribution in [0.25, 0.3) is 11.3 Å². The smallest absolute Gasteiger partial charge is 0.399 e. The van der Waals surface area contributed by atoms with Gasteiger partial charge < -0.3 is 4.74 Å². The lowest BCUT2D eigenvalue weighted by atomic mass is 10.1. The molecular weight excluding hydrogens is 617 g/mol. The number of carbonyl (C=O) groups is 2. The minimum absolute atomic E-state index is 0.109. The van der Waals surface area contributed by atoms with Gasteiger partial charge in [0.25, 0.3) is 5.91 Å². The number of nitrogens with zero attached hydrogens (tertiary/aromatic N) is 2. The van der Waals surface area contributed by atoms with E-state index in [2.05, 4.69) is 30.4 Å². The van der Waals surface area contributed by atoms with Crippen LogP contribution >= 0.6 is 34.9 Å². The summed E-state index contributed by atoms with van der Waals surface area (Å²) < 4.78 is 48.4. The van der Waals surface area contributed by atoms with Gasteiger partial charge in [0, 0.05) is 21.0 Å². The van der Waals surface area contributed by atoms with E-state index in [4.69, 9.17) is 4.74 Å². The Balaban J connectivity index is 1.64. The van der Waals surface area contributed by atoms with Crippen molar-refractivity contribution >= 4 is 51.9 Å². The highest BCUT2D eigenvalue weighted by Crippen LogP contribution is 2.53. The van der Waals surface area contributed by atoms with Crippen molar-refractivity contribution in [1.29, 1.82) is 0 Å². The van der Waals surface area contributed by atoms with Crippen molar-refractivity contribution < 1.29 is 37.4 Å². The highest BCUT2D eigenvalue weighted by Gasteiger charge is 2.29. The Morgan fingerprint density at radius 3 is 2.31 bits per heavy atom. The lowest BCUT2D eigenvalue weighted by Crippen LogP contribution is -2.30. The maximum Gasteiger partial charge on any atom is 0.399 e. The topological polar surface area (TPSA) is 95.0 Å². The Labute approximate surface area is 234 Å². The van der Waals surface area contributed by atoms with Crippen LogP contribution in [0.15, 0.2) is 82.6 Å². The molecule has 1 heterocycles. The maximum absolute atomic E-state index is 13.5. The van der Waals surface area contributed by atoms with Crippen LogP contribution in [0.1, 0.15) is 31.8 Å². The summed E-state index contributed by atoms with van der Waals surface area (Å²) in [6.07, 6.45) is -0.641. The second-order valence-electron chi connectivity index (χ2n) is 8.17. The molecule has 13 heteroatoms. The molecule has 0 aliphatic rings. The molecule has 0 N–H and O–H groups in total. The van der Waals surface area contributed by atoms with E-state index in [9.17, 15) is 23.2 Å². The molecule has 0 aliphatic carbocycles. The number of carbonyl (C=O) groups excluding carboxylic acids is 2. The van der Waals surface area contributed by atoms with E-state index in [1.807, 2.05) is 0 Å². The van der Waals surface area contributed by atoms with Crippen molar-refractivity contribution in [3.8, 4) is 11.3 Å². The first-order valence-corrected chi connectivity index (χ1v) is 14.6. The van der Waals surface area contributed by atoms with E-state index in [0.29, 0.717) is 32.0 Å². The number of benzene rings is 3. The summed E-state index contributed by atoms with van der Waals surface area (Å²) in [5.74, 6) is -0.742. The summed E-state index contributed by atoms with van der Waals surface area (Å²) in [6.45, 7) is 0.109. The molecule has 0 aliphatic heterocycles. The third kappa shape index (κ3) is 6.84. The Hall–Kier alpha value is -3.28. The van der Waals surface area contributed by atoms with Gasteiger partial charge in [0.1, 0.15) is 0 Å². The van der Waals surface area contributed by atoms with Gasteiger partial charge in [0.05, 0.1) is 31.1 Å². The molecule has 8 nitrogen and oxygen atoms in total. The van der Waals surface area contributed by atoms with Crippen molar-refractivity contribution in [2.45, 2.75) is 12.7 Å². The fraction of sp³-hybridized carbons (Fsp3) is 0.115. The molecule has 0 fully saturated rings. The van der Waals surface area contributed by atoms with E-state index in [1.165, 1.54) is 29.4 Å². The zero-order valence-corrected chi connectivity index (χ0v) is 23.5. The maximum atomic E-state index is 13.5. The number of rotatable bonds is 10. The van der Waals surface area contributed by atoms with Gasteiger partial charge in [-0.15, -0.1) is 20.8 Å². The van der Waals surface area contributed by atoms with Gasteiger partial charge >= 0.3 is 13.6 Å². The molecule has 1 amide bonds. The molecule has 0 saturated carbocycles. The predicted octanol–water partition coefficient (Wildman–Crippen LogP) is 7.70. The molecule has 0 radical (unpaired) electrons. The number of hydrogen-bond acceptors (Lipinski definition) is 8. The van der Waals surface area contributed by atoms with Gasteiger partial charge in [-0.05, 0) is 50.5 Å². The molecular formula is C26H20BrF2N2O6PS. The first-order valence-electron chi connectivity index (χ1n) is 11.2. The van der Waals surface area contributed by atoms with Gasteiger partial charge in [0.2, 0.25) is 0 Å². The fourth-order valence-electron chi connectivity index (χ4n) is 3.65. The fourth-order valence-corrected chi connectivity index (χ4v) is 6.07. The number of halogens is 3. The lowest BCUT2D eigenvalue weighted by Gasteiger charge is -2.21. The first kappa shape index (κ1) is 28.7. The molecule has 0 atom stereocenters. The molecule has 3 aromatic carbocycles. The number of ether oxygens (including phenoxy) is 1. The van der Waals surface area contributed by atoms with E-state index < -0.39 is 19.7 Å². The van der Waals surface area contributed by atoms with Gasteiger partial charge in [-0.25, -0.2) is 9.78 Å². The molecule has 0 bridgehead atoms. The van der Waals surface area contributed by atoms with Gasteiger partial charge in [-0.3, -0.25) is 14.3 Å². The number of esters is 1. The Morgan fingerprint density at radius 1 is 1.00 bits per heavy atom. The minimum atomic E-state index is -4.58. The standard InChI is InChI=1S/C26H20BrF2N2O6PS/c1-35-25(33)20-11-9-18(10-12-20)23-16-39-26(30-23)31(24(32)19-5-3-2-4-6-19)14-17-7-8-21(22(27)13-17)15-38(34,36-28)37-29/h2-13,16H,14-15H2,1H3. The number of hydrogen-bond donors (Lipinski definition) is 0. The number of methoxy groups -OCH3 is 1. The number of aromatic nitrogens is 1. The third-order valence-electron chi connectivity index (χ3n) is 5.62. The summed E-state index contributed by atoms with van der Waals surface area (Å²) in [5.41, 5.74) is 3.16. The van der Waals surface area contributed by atoms with Crippen LogP contribution in [0.5, 0.6) is 0 Å². The predicted molar refractivity (Wildman–Crippen MR) is 146 cm³/mol. The second kappa shape index (κ2) is 12.7. The number of thiazole rings is 1. The zero-order valence-electron chi connectivity index (χ0n) is 20.3. The van der Waals surface area contributed by atoms with Crippen LogP contribution in [0, 0.1) is 0 Å². The summed E-state index contributed by atoms with van der Waals surface area (Å²) in [4.78, 5) is 31.5. The zero-order chi connectivity index (χ0) is 28.0. The molecule has 39 heavy (non-hydrogen) atoms. The van der Waals surface area contributed by atoms with Crippen LogP contribution in [0.3, 0.4) is 0 Å². The van der Waals surface area contributed by atoms with Gasteiger partial charge in [-0.2, -0.15) is 0 Å². The third-order valence-corrected chi connectivity index (χ3v) is 8.37. The normalized spacial score (nSPS) is 11.3. The van der Waals surface area contributed by atoms with Crippen molar-refractivity contribution in [1.82, 2.24) is 4.98 Å². The SMILES string of the molecule is COC(=O)c1ccc(-c2csc(N(Cc3ccc(CP(=O)(OF)OF)c(Br)c3)C(=O)c3ccccc3)n2)cc1. The largest absolute Gasteiger partial charge is 0.465 e. The average molecular weight is 637 g/mol. The molecule has 4 rings (SSSR count). The monoisotopic (exact) mass is 636 g/mol. The van der Waals surface area contributed by atoms with E-state index in [-0.39, 0.29) is 18.0 Å². The Bertz CT molecular complexity index is 1510. The van der Waals surface area contributed by atoms with Crippen LogP contribution < -0.4 is 4.90 Å². The van der Waals surface area contributed by atoms with Gasteiger partial charge in [-0.1, -0.05) is 58.4 Å². The number of anilines is 1.